The Labute approximate surface area is 163 Å². The third kappa shape index (κ3) is 5.69. The third-order valence-corrected chi connectivity index (χ3v) is 5.36. The summed E-state index contributed by atoms with van der Waals surface area (Å²) in [7, 11) is -4.09. The van der Waals surface area contributed by atoms with E-state index >= 15 is 0 Å². The lowest BCUT2D eigenvalue weighted by Crippen LogP contribution is -2.41. The second kappa shape index (κ2) is 9.89. The number of nitrogens with two attached hydrogens (primary N) is 1. The Bertz CT molecular complexity index is 845. The highest BCUT2D eigenvalue weighted by Gasteiger charge is 2.27. The molecule has 0 aliphatic rings. The number of rotatable bonds is 8. The van der Waals surface area contributed by atoms with Gasteiger partial charge < -0.3 is 10.8 Å². The molecule has 0 saturated heterocycles. The van der Waals surface area contributed by atoms with Crippen molar-refractivity contribution in [2.24, 2.45) is 5.73 Å². The lowest BCUT2D eigenvalue weighted by molar-refractivity contribution is -0.139. The van der Waals surface area contributed by atoms with Gasteiger partial charge >= 0.3 is 5.97 Å². The molecular weight excluding hydrogens is 399 g/mol. The zero-order chi connectivity index (χ0) is 18.4. The summed E-state index contributed by atoms with van der Waals surface area (Å²) < 4.78 is 27.8. The van der Waals surface area contributed by atoms with Crippen molar-refractivity contribution in [2.75, 3.05) is 6.54 Å². The van der Waals surface area contributed by atoms with Gasteiger partial charge in [-0.05, 0) is 37.1 Å². The van der Waals surface area contributed by atoms with Gasteiger partial charge in [-0.1, -0.05) is 48.0 Å². The molecule has 0 aliphatic carbocycles. The minimum absolute atomic E-state index is 0. The first-order valence-corrected chi connectivity index (χ1v) is 9.51. The van der Waals surface area contributed by atoms with Crippen molar-refractivity contribution < 1.29 is 18.3 Å². The molecule has 0 heterocycles. The fourth-order valence-corrected chi connectivity index (χ4v) is 4.09. The molecule has 4 N–H and O–H groups in total. The minimum Gasteiger partial charge on any atom is -0.480 e. The zero-order valence-electron chi connectivity index (χ0n) is 13.8. The number of aliphatic carboxylic acids is 1. The van der Waals surface area contributed by atoms with Gasteiger partial charge in [0.2, 0.25) is 10.0 Å². The van der Waals surface area contributed by atoms with Crippen LogP contribution in [0.2, 0.25) is 5.02 Å². The molecule has 0 aliphatic heterocycles. The maximum absolute atomic E-state index is 12.8. The molecule has 6 nitrogen and oxygen atoms in total. The van der Waals surface area contributed by atoms with Gasteiger partial charge in [-0.25, -0.2) is 8.42 Å². The second-order valence-electron chi connectivity index (χ2n) is 5.45. The summed E-state index contributed by atoms with van der Waals surface area (Å²) >= 11 is 5.97. The van der Waals surface area contributed by atoms with Crippen LogP contribution in [0.4, 0.5) is 0 Å². The summed E-state index contributed by atoms with van der Waals surface area (Å²) in [6.45, 7) is 0.276. The van der Waals surface area contributed by atoms with E-state index < -0.39 is 22.0 Å². The Kier molecular flexibility index (Phi) is 8.52. The van der Waals surface area contributed by atoms with Gasteiger partial charge in [0, 0.05) is 10.6 Å². The molecular formula is C17H20Cl2N2O4S. The van der Waals surface area contributed by atoms with Crippen LogP contribution in [0.25, 0.3) is 11.1 Å². The highest BCUT2D eigenvalue weighted by molar-refractivity contribution is 7.89. The van der Waals surface area contributed by atoms with Gasteiger partial charge in [-0.3, -0.25) is 4.79 Å². The topological polar surface area (TPSA) is 109 Å². The van der Waals surface area contributed by atoms with Gasteiger partial charge in [0.25, 0.3) is 0 Å². The Morgan fingerprint density at radius 2 is 1.85 bits per heavy atom. The van der Waals surface area contributed by atoms with Crippen LogP contribution in [0.15, 0.2) is 53.4 Å². The molecule has 0 saturated carbocycles. The second-order valence-corrected chi connectivity index (χ2v) is 7.57. The molecule has 1 atom stereocenters. The molecule has 0 aromatic heterocycles. The quantitative estimate of drug-likeness (QED) is 0.610. The van der Waals surface area contributed by atoms with Crippen LogP contribution in [0.3, 0.4) is 0 Å². The van der Waals surface area contributed by atoms with Crippen molar-refractivity contribution in [1.82, 2.24) is 4.72 Å². The molecule has 1 unspecified atom stereocenters. The maximum atomic E-state index is 12.8. The molecule has 2 aromatic rings. The molecule has 0 bridgehead atoms. The summed E-state index contributed by atoms with van der Waals surface area (Å²) in [5, 5.41) is 9.50. The van der Waals surface area contributed by atoms with Crippen LogP contribution in [0, 0.1) is 0 Å². The van der Waals surface area contributed by atoms with E-state index in [1.165, 1.54) is 6.07 Å². The van der Waals surface area contributed by atoms with Crippen molar-refractivity contribution in [1.29, 1.82) is 0 Å². The Morgan fingerprint density at radius 1 is 1.19 bits per heavy atom. The van der Waals surface area contributed by atoms with E-state index in [1.54, 1.807) is 36.4 Å². The van der Waals surface area contributed by atoms with Gasteiger partial charge in [0.15, 0.2) is 0 Å². The normalized spacial score (nSPS) is 12.2. The maximum Gasteiger partial charge on any atom is 0.321 e. The molecule has 0 spiro atoms. The van der Waals surface area contributed by atoms with Crippen LogP contribution in [-0.2, 0) is 14.8 Å². The van der Waals surface area contributed by atoms with Crippen molar-refractivity contribution in [3.63, 3.8) is 0 Å². The highest BCUT2D eigenvalue weighted by Crippen LogP contribution is 2.30. The van der Waals surface area contributed by atoms with Crippen LogP contribution >= 0.6 is 24.0 Å². The first kappa shape index (κ1) is 22.4. The Morgan fingerprint density at radius 3 is 2.42 bits per heavy atom. The van der Waals surface area contributed by atoms with E-state index in [0.29, 0.717) is 17.5 Å². The van der Waals surface area contributed by atoms with Crippen molar-refractivity contribution >= 4 is 40.0 Å². The first-order valence-electron chi connectivity index (χ1n) is 7.65. The van der Waals surface area contributed by atoms with Crippen LogP contribution in [0.1, 0.15) is 12.8 Å². The van der Waals surface area contributed by atoms with E-state index in [1.807, 2.05) is 6.07 Å². The van der Waals surface area contributed by atoms with Crippen molar-refractivity contribution in [3.05, 3.63) is 53.6 Å². The Hall–Kier alpha value is -1.64. The van der Waals surface area contributed by atoms with Crippen LogP contribution in [-0.4, -0.2) is 32.1 Å². The number of hydrogen-bond acceptors (Lipinski definition) is 4. The molecule has 142 valence electrons. The predicted molar refractivity (Wildman–Crippen MR) is 104 cm³/mol. The number of carboxylic acids is 1. The monoisotopic (exact) mass is 418 g/mol. The molecule has 0 radical (unpaired) electrons. The average Bonchev–Trinajstić information content (AvgIpc) is 2.59. The molecule has 9 heteroatoms. The van der Waals surface area contributed by atoms with Gasteiger partial charge in [-0.15, -0.1) is 12.4 Å². The van der Waals surface area contributed by atoms with Gasteiger partial charge in [0.1, 0.15) is 6.04 Å². The third-order valence-electron chi connectivity index (χ3n) is 3.61. The van der Waals surface area contributed by atoms with E-state index in [-0.39, 0.29) is 35.3 Å². The number of halogens is 2. The number of hydrogen-bond donors (Lipinski definition) is 3. The van der Waals surface area contributed by atoms with Crippen molar-refractivity contribution in [2.45, 2.75) is 23.8 Å². The van der Waals surface area contributed by atoms with E-state index in [4.69, 9.17) is 17.3 Å². The fourth-order valence-electron chi connectivity index (χ4n) is 2.38. The Balaban J connectivity index is 0.00000338. The largest absolute Gasteiger partial charge is 0.480 e. The number of carboxylic acid groups (broad SMARTS) is 1. The summed E-state index contributed by atoms with van der Waals surface area (Å²) in [6, 6.07) is 12.2. The van der Waals surface area contributed by atoms with Gasteiger partial charge in [0.05, 0.1) is 4.90 Å². The number of carbonyl (C=O) groups is 1. The summed E-state index contributed by atoms with van der Waals surface area (Å²) in [5.74, 6) is -1.25. The smallest absolute Gasteiger partial charge is 0.321 e. The average molecular weight is 419 g/mol. The van der Waals surface area contributed by atoms with E-state index in [0.717, 1.165) is 0 Å². The lowest BCUT2D eigenvalue weighted by atomic mass is 10.1. The highest BCUT2D eigenvalue weighted by atomic mass is 35.5. The van der Waals surface area contributed by atoms with Crippen LogP contribution in [0.5, 0.6) is 0 Å². The number of sulfonamides is 1. The SMILES string of the molecule is Cl.NCCCC(NS(=O)(=O)c1cc(Cl)ccc1-c1ccccc1)C(=O)O. The zero-order valence-corrected chi connectivity index (χ0v) is 16.2. The molecule has 0 fully saturated rings. The standard InChI is InChI=1S/C17H19ClN2O4S.ClH/c18-13-8-9-14(12-5-2-1-3-6-12)16(11-13)25(23,24)20-15(17(21)22)7-4-10-19;/h1-3,5-6,8-9,11,15,20H,4,7,10,19H2,(H,21,22);1H. The molecule has 26 heavy (non-hydrogen) atoms. The number of nitrogens with one attached hydrogen (secondary N) is 1. The first-order chi connectivity index (χ1) is 11.8. The van der Waals surface area contributed by atoms with Gasteiger partial charge in [-0.2, -0.15) is 4.72 Å². The molecule has 2 aromatic carbocycles. The van der Waals surface area contributed by atoms with E-state index in [2.05, 4.69) is 4.72 Å². The fraction of sp³-hybridized carbons (Fsp3) is 0.235. The number of benzene rings is 2. The van der Waals surface area contributed by atoms with Crippen LogP contribution < -0.4 is 10.5 Å². The molecule has 0 amide bonds. The summed E-state index contributed by atoms with van der Waals surface area (Å²) in [4.78, 5) is 11.3. The summed E-state index contributed by atoms with van der Waals surface area (Å²) in [5.41, 5.74) is 6.52. The molecule has 2 rings (SSSR count). The minimum atomic E-state index is -4.09. The predicted octanol–water partition coefficient (Wildman–Crippen LogP) is 2.90. The lowest BCUT2D eigenvalue weighted by Gasteiger charge is -2.17. The van der Waals surface area contributed by atoms with Crippen molar-refractivity contribution in [3.8, 4) is 11.1 Å². The van der Waals surface area contributed by atoms with E-state index in [9.17, 15) is 18.3 Å². The summed E-state index contributed by atoms with van der Waals surface area (Å²) in [6.07, 6.45) is 0.493.